The molecular weight excluding hydrogens is 310 g/mol. The zero-order valence-corrected chi connectivity index (χ0v) is 14.7. The first kappa shape index (κ1) is 17.5. The highest BCUT2D eigenvalue weighted by Gasteiger charge is 2.12. The van der Waals surface area contributed by atoms with Gasteiger partial charge in [-0.25, -0.2) is 0 Å². The van der Waals surface area contributed by atoms with Gasteiger partial charge in [-0.15, -0.1) is 11.8 Å². The van der Waals surface area contributed by atoms with E-state index in [2.05, 4.69) is 22.4 Å². The van der Waals surface area contributed by atoms with Crippen molar-refractivity contribution in [3.8, 4) is 11.4 Å². The van der Waals surface area contributed by atoms with Crippen molar-refractivity contribution in [3.05, 3.63) is 35.7 Å². The highest BCUT2D eigenvalue weighted by Crippen LogP contribution is 2.21. The molecule has 0 saturated heterocycles. The topological polar surface area (TPSA) is 68.0 Å². The molecule has 1 atom stereocenters. The molecule has 0 bridgehead atoms. The minimum atomic E-state index is 0.0505. The molecule has 0 saturated carbocycles. The van der Waals surface area contributed by atoms with Gasteiger partial charge in [-0.05, 0) is 25.8 Å². The van der Waals surface area contributed by atoms with Crippen molar-refractivity contribution in [2.75, 3.05) is 5.75 Å². The number of hydrogen-bond acceptors (Lipinski definition) is 5. The van der Waals surface area contributed by atoms with Gasteiger partial charge in [0.25, 0.3) is 0 Å². The van der Waals surface area contributed by atoms with Crippen LogP contribution in [0.1, 0.15) is 38.1 Å². The molecule has 0 unspecified atom stereocenters. The molecule has 0 fully saturated rings. The van der Waals surface area contributed by atoms with Crippen molar-refractivity contribution in [3.63, 3.8) is 0 Å². The Morgan fingerprint density at radius 1 is 1.39 bits per heavy atom. The predicted molar refractivity (Wildman–Crippen MR) is 93.1 cm³/mol. The average Bonchev–Trinajstić information content (AvgIpc) is 2.96. The lowest BCUT2D eigenvalue weighted by Gasteiger charge is -2.11. The number of nitrogens with zero attached hydrogens (tertiary/aromatic N) is 2. The Morgan fingerprint density at radius 2 is 2.17 bits per heavy atom. The van der Waals surface area contributed by atoms with Crippen LogP contribution in [0.2, 0.25) is 0 Å². The number of aryl methyl sites for hydroxylation is 1. The van der Waals surface area contributed by atoms with E-state index in [4.69, 9.17) is 4.52 Å². The summed E-state index contributed by atoms with van der Waals surface area (Å²) in [4.78, 5) is 16.2. The molecule has 0 aliphatic carbocycles. The first-order valence-corrected chi connectivity index (χ1v) is 9.01. The summed E-state index contributed by atoms with van der Waals surface area (Å²) in [6.07, 6.45) is 2.07. The number of carbonyl (C=O) groups excluding carboxylic acids is 1. The van der Waals surface area contributed by atoms with Crippen molar-refractivity contribution in [2.24, 2.45) is 0 Å². The number of amides is 1. The zero-order valence-electron chi connectivity index (χ0n) is 13.8. The Bertz CT molecular complexity index is 642. The van der Waals surface area contributed by atoms with Crippen LogP contribution < -0.4 is 5.32 Å². The van der Waals surface area contributed by atoms with Crippen LogP contribution in [-0.4, -0.2) is 27.8 Å². The third kappa shape index (κ3) is 5.39. The highest BCUT2D eigenvalue weighted by molar-refractivity contribution is 7.99. The molecule has 6 heteroatoms. The summed E-state index contributed by atoms with van der Waals surface area (Å²) in [5.74, 6) is 2.13. The Kier molecular flexibility index (Phi) is 6.65. The number of rotatable bonds is 8. The average molecular weight is 333 g/mol. The highest BCUT2D eigenvalue weighted by atomic mass is 32.2. The second kappa shape index (κ2) is 8.72. The fourth-order valence-corrected chi connectivity index (χ4v) is 2.96. The van der Waals surface area contributed by atoms with E-state index in [1.54, 1.807) is 0 Å². The van der Waals surface area contributed by atoms with Crippen LogP contribution in [0.25, 0.3) is 11.4 Å². The van der Waals surface area contributed by atoms with Gasteiger partial charge in [-0.1, -0.05) is 42.8 Å². The van der Waals surface area contributed by atoms with E-state index in [-0.39, 0.29) is 11.9 Å². The molecule has 1 amide bonds. The van der Waals surface area contributed by atoms with Gasteiger partial charge in [-0.2, -0.15) is 4.98 Å². The summed E-state index contributed by atoms with van der Waals surface area (Å²) < 4.78 is 5.26. The minimum Gasteiger partial charge on any atom is -0.353 e. The lowest BCUT2D eigenvalue weighted by atomic mass is 10.1. The van der Waals surface area contributed by atoms with Crippen LogP contribution in [0.5, 0.6) is 0 Å². The SMILES string of the molecule is CCC[C@@H](C)NC(=O)CSCc1nc(-c2ccccc2C)no1. The van der Waals surface area contributed by atoms with Gasteiger partial charge in [0.15, 0.2) is 0 Å². The monoisotopic (exact) mass is 333 g/mol. The number of nitrogens with one attached hydrogen (secondary N) is 1. The molecule has 23 heavy (non-hydrogen) atoms. The molecule has 1 aromatic carbocycles. The summed E-state index contributed by atoms with van der Waals surface area (Å²) in [5.41, 5.74) is 2.08. The smallest absolute Gasteiger partial charge is 0.236 e. The quantitative estimate of drug-likeness (QED) is 0.799. The molecule has 0 radical (unpaired) electrons. The van der Waals surface area contributed by atoms with Crippen LogP contribution in [0.15, 0.2) is 28.8 Å². The predicted octanol–water partition coefficient (Wildman–Crippen LogP) is 3.58. The van der Waals surface area contributed by atoms with Gasteiger partial charge in [-0.3, -0.25) is 4.79 Å². The summed E-state index contributed by atoms with van der Waals surface area (Å²) in [6, 6.07) is 8.15. The third-order valence-corrected chi connectivity index (χ3v) is 4.36. The van der Waals surface area contributed by atoms with Crippen LogP contribution in [-0.2, 0) is 10.5 Å². The van der Waals surface area contributed by atoms with Crippen molar-refractivity contribution < 1.29 is 9.32 Å². The molecule has 2 aromatic rings. The van der Waals surface area contributed by atoms with E-state index in [0.29, 0.717) is 23.2 Å². The largest absolute Gasteiger partial charge is 0.353 e. The van der Waals surface area contributed by atoms with Gasteiger partial charge in [0.05, 0.1) is 11.5 Å². The summed E-state index contributed by atoms with van der Waals surface area (Å²) in [5, 5.41) is 7.00. The third-order valence-electron chi connectivity index (χ3n) is 3.44. The summed E-state index contributed by atoms with van der Waals surface area (Å²) in [6.45, 7) is 6.15. The van der Waals surface area contributed by atoms with Crippen molar-refractivity contribution in [1.82, 2.24) is 15.5 Å². The number of hydrogen-bond donors (Lipinski definition) is 1. The molecule has 5 nitrogen and oxygen atoms in total. The van der Waals surface area contributed by atoms with Crippen LogP contribution in [0.4, 0.5) is 0 Å². The molecule has 124 valence electrons. The molecule has 2 rings (SSSR count). The maximum Gasteiger partial charge on any atom is 0.236 e. The van der Waals surface area contributed by atoms with Crippen LogP contribution in [0, 0.1) is 6.92 Å². The molecular formula is C17H23N3O2S. The van der Waals surface area contributed by atoms with Crippen LogP contribution in [0.3, 0.4) is 0 Å². The molecule has 1 heterocycles. The van der Waals surface area contributed by atoms with E-state index in [1.807, 2.05) is 38.1 Å². The van der Waals surface area contributed by atoms with Gasteiger partial charge >= 0.3 is 0 Å². The van der Waals surface area contributed by atoms with Crippen molar-refractivity contribution in [2.45, 2.75) is 45.4 Å². The number of benzene rings is 1. The fourth-order valence-electron chi connectivity index (χ4n) is 2.30. The number of carbonyl (C=O) groups is 1. The maximum absolute atomic E-state index is 11.8. The minimum absolute atomic E-state index is 0.0505. The van der Waals surface area contributed by atoms with Gasteiger partial charge in [0, 0.05) is 11.6 Å². The molecule has 1 N–H and O–H groups in total. The second-order valence-electron chi connectivity index (χ2n) is 5.58. The van der Waals surface area contributed by atoms with Gasteiger partial charge in [0.2, 0.25) is 17.6 Å². The summed E-state index contributed by atoms with van der Waals surface area (Å²) >= 11 is 1.48. The van der Waals surface area contributed by atoms with E-state index >= 15 is 0 Å². The van der Waals surface area contributed by atoms with E-state index < -0.39 is 0 Å². The zero-order chi connectivity index (χ0) is 16.7. The lowest BCUT2D eigenvalue weighted by molar-refractivity contribution is -0.119. The standard InChI is InChI=1S/C17H23N3O2S/c1-4-7-13(3)18-15(21)10-23-11-16-19-17(20-22-16)14-9-6-5-8-12(14)2/h5-6,8-9,13H,4,7,10-11H2,1-3H3,(H,18,21)/t13-/m1/s1. The first-order valence-electron chi connectivity index (χ1n) is 7.85. The molecule has 0 spiro atoms. The fraction of sp³-hybridized carbons (Fsp3) is 0.471. The first-order chi connectivity index (χ1) is 11.1. The Balaban J connectivity index is 1.81. The van der Waals surface area contributed by atoms with E-state index in [1.165, 1.54) is 11.8 Å². The van der Waals surface area contributed by atoms with Gasteiger partial charge in [0.1, 0.15) is 0 Å². The lowest BCUT2D eigenvalue weighted by Crippen LogP contribution is -2.33. The van der Waals surface area contributed by atoms with Gasteiger partial charge < -0.3 is 9.84 Å². The van der Waals surface area contributed by atoms with E-state index in [9.17, 15) is 4.79 Å². The summed E-state index contributed by atoms with van der Waals surface area (Å²) in [7, 11) is 0. The Morgan fingerprint density at radius 3 is 2.91 bits per heavy atom. The Labute approximate surface area is 141 Å². The Hall–Kier alpha value is -1.82. The number of aromatic nitrogens is 2. The van der Waals surface area contributed by atoms with Crippen LogP contribution >= 0.6 is 11.8 Å². The molecule has 0 aliphatic heterocycles. The maximum atomic E-state index is 11.8. The van der Waals surface area contributed by atoms with E-state index in [0.717, 1.165) is 24.0 Å². The van der Waals surface area contributed by atoms with Crippen molar-refractivity contribution >= 4 is 17.7 Å². The molecule has 1 aromatic heterocycles. The van der Waals surface area contributed by atoms with Crippen molar-refractivity contribution in [1.29, 1.82) is 0 Å². The normalized spacial score (nSPS) is 12.1. The number of thioether (sulfide) groups is 1. The molecule has 0 aliphatic rings. The second-order valence-corrected chi connectivity index (χ2v) is 6.56.